The van der Waals surface area contributed by atoms with Crippen LogP contribution in [-0.4, -0.2) is 56.2 Å². The molecule has 2 atom stereocenters. The van der Waals surface area contributed by atoms with Crippen molar-refractivity contribution in [3.63, 3.8) is 0 Å². The fourth-order valence-corrected chi connectivity index (χ4v) is 4.12. The summed E-state index contributed by atoms with van der Waals surface area (Å²) in [6.45, 7) is 0. The molecule has 4 N–H and O–H groups in total. The smallest absolute Gasteiger partial charge is 0.353 e. The SMILES string of the molecule is C#CC1=C(C(=O)O)N2C(=O)[C@@H](NC(=O)/C=N\Oc3csc(N)n3)[C@H]2SC1. The zero-order valence-corrected chi connectivity index (χ0v) is 14.5. The number of carbonyl (C=O) groups excluding carboxylic acids is 2. The minimum Gasteiger partial charge on any atom is -0.477 e. The number of terminal acetylenes is 1. The quantitative estimate of drug-likeness (QED) is 0.262. The number of carbonyl (C=O) groups is 3. The number of fused-ring (bicyclic) bond motifs is 1. The summed E-state index contributed by atoms with van der Waals surface area (Å²) in [5.74, 6) is 0.191. The van der Waals surface area contributed by atoms with Crippen LogP contribution < -0.4 is 15.9 Å². The standard InChI is InChI=1S/C14H11N5O5S2/c1-2-6-4-25-12-9(11(21)19(12)10(6)13(22)23)17-7(20)3-16-24-8-5-26-14(15)18-8/h1,3,5,9,12H,4H2,(H2,15,18)(H,17,20)(H,22,23)/b16-3-/t9-,12-/m1/s1. The average molecular weight is 393 g/mol. The second-order valence-electron chi connectivity index (χ2n) is 5.02. The van der Waals surface area contributed by atoms with E-state index in [2.05, 4.69) is 21.4 Å². The molecule has 2 amide bonds. The molecule has 1 fully saturated rings. The number of β-lactam (4-membered cyclic amide) rings is 1. The van der Waals surface area contributed by atoms with Gasteiger partial charge in [0.1, 0.15) is 23.3 Å². The average Bonchev–Trinajstić information content (AvgIpc) is 3.03. The molecule has 3 heterocycles. The molecule has 0 radical (unpaired) electrons. The molecular weight excluding hydrogens is 382 g/mol. The summed E-state index contributed by atoms with van der Waals surface area (Å²) in [6, 6.07) is -0.873. The number of aromatic nitrogens is 1. The van der Waals surface area contributed by atoms with Crippen LogP contribution in [0.4, 0.5) is 5.13 Å². The van der Waals surface area contributed by atoms with Crippen molar-refractivity contribution in [2.75, 3.05) is 11.5 Å². The lowest BCUT2D eigenvalue weighted by molar-refractivity contribution is -0.150. The molecule has 10 nitrogen and oxygen atoms in total. The van der Waals surface area contributed by atoms with E-state index in [9.17, 15) is 19.5 Å². The number of nitrogen functional groups attached to an aromatic ring is 1. The number of oxime groups is 1. The number of hydrogen-bond acceptors (Lipinski definition) is 9. The van der Waals surface area contributed by atoms with Gasteiger partial charge in [0, 0.05) is 11.3 Å². The zero-order chi connectivity index (χ0) is 18.8. The first kappa shape index (κ1) is 17.8. The van der Waals surface area contributed by atoms with E-state index in [0.717, 1.165) is 22.5 Å². The monoisotopic (exact) mass is 393 g/mol. The highest BCUT2D eigenvalue weighted by atomic mass is 32.2. The number of amides is 2. The van der Waals surface area contributed by atoms with Gasteiger partial charge in [-0.2, -0.15) is 4.98 Å². The third kappa shape index (κ3) is 3.22. The summed E-state index contributed by atoms with van der Waals surface area (Å²) in [7, 11) is 0. The first-order valence-corrected chi connectivity index (χ1v) is 8.95. The molecule has 2 aliphatic rings. The van der Waals surface area contributed by atoms with Crippen molar-refractivity contribution >= 4 is 52.2 Å². The number of anilines is 1. The molecule has 0 aromatic carbocycles. The maximum atomic E-state index is 12.2. The highest BCUT2D eigenvalue weighted by Crippen LogP contribution is 2.39. The molecule has 2 aliphatic heterocycles. The van der Waals surface area contributed by atoms with Crippen molar-refractivity contribution in [3.8, 4) is 18.2 Å². The fraction of sp³-hybridized carbons (Fsp3) is 0.214. The van der Waals surface area contributed by atoms with Crippen molar-refractivity contribution in [1.29, 1.82) is 0 Å². The molecule has 3 rings (SSSR count). The van der Waals surface area contributed by atoms with Crippen molar-refractivity contribution in [1.82, 2.24) is 15.2 Å². The van der Waals surface area contributed by atoms with Gasteiger partial charge < -0.3 is 21.0 Å². The van der Waals surface area contributed by atoms with E-state index in [0.29, 0.717) is 5.13 Å². The third-order valence-electron chi connectivity index (χ3n) is 3.46. The Balaban J connectivity index is 1.61. The molecule has 1 saturated heterocycles. The Hall–Kier alpha value is -3.04. The van der Waals surface area contributed by atoms with Crippen LogP contribution in [0.15, 0.2) is 21.8 Å². The second kappa shape index (κ2) is 7.06. The number of thioether (sulfide) groups is 1. The summed E-state index contributed by atoms with van der Waals surface area (Å²) in [5.41, 5.74) is 5.44. The van der Waals surface area contributed by atoms with Crippen LogP contribution in [-0.2, 0) is 14.4 Å². The maximum Gasteiger partial charge on any atom is 0.353 e. The number of nitrogens with one attached hydrogen (secondary N) is 1. The molecule has 1 aromatic heterocycles. The van der Waals surface area contributed by atoms with Crippen LogP contribution in [0.3, 0.4) is 0 Å². The van der Waals surface area contributed by atoms with Gasteiger partial charge in [0.15, 0.2) is 5.13 Å². The van der Waals surface area contributed by atoms with Crippen molar-refractivity contribution in [2.45, 2.75) is 11.4 Å². The van der Waals surface area contributed by atoms with Crippen LogP contribution in [0.25, 0.3) is 0 Å². The van der Waals surface area contributed by atoms with E-state index >= 15 is 0 Å². The lowest BCUT2D eigenvalue weighted by Crippen LogP contribution is -2.70. The number of nitrogens with two attached hydrogens (primary N) is 1. The Morgan fingerprint density at radius 1 is 1.62 bits per heavy atom. The molecule has 0 unspecified atom stereocenters. The van der Waals surface area contributed by atoms with Crippen molar-refractivity contribution in [3.05, 3.63) is 16.7 Å². The first-order valence-electron chi connectivity index (χ1n) is 7.02. The predicted molar refractivity (Wildman–Crippen MR) is 94.2 cm³/mol. The van der Waals surface area contributed by atoms with Crippen molar-refractivity contribution in [2.24, 2.45) is 5.16 Å². The van der Waals surface area contributed by atoms with E-state index in [-0.39, 0.29) is 22.9 Å². The van der Waals surface area contributed by atoms with Gasteiger partial charge in [-0.1, -0.05) is 11.1 Å². The molecule has 134 valence electrons. The maximum absolute atomic E-state index is 12.2. The summed E-state index contributed by atoms with van der Waals surface area (Å²) in [5, 5.41) is 16.5. The minimum atomic E-state index is -1.28. The normalized spacial score (nSPS) is 21.8. The summed E-state index contributed by atoms with van der Waals surface area (Å²) < 4.78 is 0. The van der Waals surface area contributed by atoms with Crippen LogP contribution in [0.1, 0.15) is 0 Å². The number of carboxylic acids is 1. The van der Waals surface area contributed by atoms with Crippen LogP contribution >= 0.6 is 23.1 Å². The predicted octanol–water partition coefficient (Wildman–Crippen LogP) is -0.538. The van der Waals surface area contributed by atoms with Crippen LogP contribution in [0, 0.1) is 12.3 Å². The van der Waals surface area contributed by atoms with Gasteiger partial charge in [0.2, 0.25) is 0 Å². The number of nitrogens with zero attached hydrogens (tertiary/aromatic N) is 3. The van der Waals surface area contributed by atoms with Gasteiger partial charge in [-0.3, -0.25) is 14.5 Å². The fourth-order valence-electron chi connectivity index (χ4n) is 2.36. The van der Waals surface area contributed by atoms with E-state index < -0.39 is 29.2 Å². The number of carboxylic acid groups (broad SMARTS) is 1. The zero-order valence-electron chi connectivity index (χ0n) is 12.9. The lowest BCUT2D eigenvalue weighted by atomic mass is 10.0. The van der Waals surface area contributed by atoms with E-state index in [4.69, 9.17) is 17.0 Å². The van der Waals surface area contributed by atoms with E-state index in [1.165, 1.54) is 17.1 Å². The van der Waals surface area contributed by atoms with Gasteiger partial charge in [-0.15, -0.1) is 29.5 Å². The molecule has 1 aromatic rings. The Morgan fingerprint density at radius 3 is 3.00 bits per heavy atom. The number of rotatable bonds is 5. The van der Waals surface area contributed by atoms with Gasteiger partial charge in [0.25, 0.3) is 17.7 Å². The molecule has 0 spiro atoms. The van der Waals surface area contributed by atoms with Crippen molar-refractivity contribution < 1.29 is 24.3 Å². The van der Waals surface area contributed by atoms with E-state index in [1.54, 1.807) is 0 Å². The Kier molecular flexibility index (Phi) is 4.83. The van der Waals surface area contributed by atoms with E-state index in [1.807, 2.05) is 0 Å². The molecule has 0 saturated carbocycles. The largest absolute Gasteiger partial charge is 0.477 e. The highest BCUT2D eigenvalue weighted by molar-refractivity contribution is 8.00. The number of thiazole rings is 1. The number of hydrogen-bond donors (Lipinski definition) is 3. The van der Waals surface area contributed by atoms with Gasteiger partial charge in [-0.05, 0) is 0 Å². The Morgan fingerprint density at radius 2 is 2.38 bits per heavy atom. The number of aliphatic carboxylic acids is 1. The van der Waals surface area contributed by atoms with Crippen LogP contribution in [0.5, 0.6) is 5.88 Å². The highest BCUT2D eigenvalue weighted by Gasteiger charge is 2.54. The Labute approximate surface area is 155 Å². The molecular formula is C14H11N5O5S2. The summed E-state index contributed by atoms with van der Waals surface area (Å²) in [4.78, 5) is 45.2. The lowest BCUT2D eigenvalue weighted by Gasteiger charge is -2.48. The van der Waals surface area contributed by atoms with Gasteiger partial charge >= 0.3 is 5.97 Å². The summed E-state index contributed by atoms with van der Waals surface area (Å²) >= 11 is 2.42. The van der Waals surface area contributed by atoms with Gasteiger partial charge in [-0.25, -0.2) is 4.79 Å². The van der Waals surface area contributed by atoms with Crippen LogP contribution in [0.2, 0.25) is 0 Å². The first-order chi connectivity index (χ1) is 12.4. The Bertz CT molecular complexity index is 887. The molecule has 0 bridgehead atoms. The molecule has 12 heteroatoms. The second-order valence-corrected chi connectivity index (χ2v) is 7.02. The van der Waals surface area contributed by atoms with Gasteiger partial charge in [0.05, 0.1) is 5.38 Å². The molecule has 0 aliphatic carbocycles. The third-order valence-corrected chi connectivity index (χ3v) is 5.39. The topological polar surface area (TPSA) is 147 Å². The minimum absolute atomic E-state index is 0.142. The molecule has 26 heavy (non-hydrogen) atoms. The summed E-state index contributed by atoms with van der Waals surface area (Å²) in [6.07, 6.45) is 6.14.